The second-order valence-corrected chi connectivity index (χ2v) is 8.93. The quantitative estimate of drug-likeness (QED) is 0.752. The van der Waals surface area contributed by atoms with E-state index in [-0.39, 0.29) is 18.3 Å². The average Bonchev–Trinajstić information content (AvgIpc) is 3.12. The van der Waals surface area contributed by atoms with E-state index in [9.17, 15) is 9.00 Å². The number of carbonyl (C=O) groups is 1. The van der Waals surface area contributed by atoms with Crippen molar-refractivity contribution in [3.05, 3.63) is 45.9 Å². The maximum Gasteiger partial charge on any atom is 0.275 e. The van der Waals surface area contributed by atoms with E-state index in [2.05, 4.69) is 10.3 Å². The minimum absolute atomic E-state index is 0. The van der Waals surface area contributed by atoms with Crippen molar-refractivity contribution in [1.82, 2.24) is 4.98 Å². The van der Waals surface area contributed by atoms with E-state index in [1.807, 2.05) is 24.3 Å². The summed E-state index contributed by atoms with van der Waals surface area (Å²) in [6.07, 6.45) is 5.76. The van der Waals surface area contributed by atoms with Gasteiger partial charge in [0.25, 0.3) is 5.91 Å². The molecule has 0 spiro atoms. The van der Waals surface area contributed by atoms with Crippen LogP contribution in [0.2, 0.25) is 0 Å². The minimum atomic E-state index is -0.850. The molecular weight excluding hydrogens is 390 g/mol. The van der Waals surface area contributed by atoms with Crippen LogP contribution in [0.5, 0.6) is 0 Å². The Morgan fingerprint density at radius 2 is 2.08 bits per heavy atom. The third-order valence-corrected chi connectivity index (χ3v) is 7.08. The van der Waals surface area contributed by atoms with Crippen molar-refractivity contribution < 1.29 is 9.00 Å². The molecule has 142 valence electrons. The van der Waals surface area contributed by atoms with Crippen LogP contribution in [0.25, 0.3) is 0 Å². The van der Waals surface area contributed by atoms with Crippen molar-refractivity contribution in [2.75, 3.05) is 5.32 Å². The number of hydrogen-bond acceptors (Lipinski definition) is 5. The SMILES string of the molecule is Cl.NCc1nc(C(=O)Nc2cccc(CS(=O)C3CCCCC3)c2)cs1. The summed E-state index contributed by atoms with van der Waals surface area (Å²) in [6, 6.07) is 7.58. The molecule has 3 N–H and O–H groups in total. The summed E-state index contributed by atoms with van der Waals surface area (Å²) >= 11 is 1.38. The Balaban J connectivity index is 0.00000243. The minimum Gasteiger partial charge on any atom is -0.325 e. The summed E-state index contributed by atoms with van der Waals surface area (Å²) in [5, 5.41) is 5.62. The van der Waals surface area contributed by atoms with Gasteiger partial charge in [0.2, 0.25) is 0 Å². The van der Waals surface area contributed by atoms with E-state index in [0.717, 1.165) is 23.4 Å². The molecule has 0 radical (unpaired) electrons. The number of thiazole rings is 1. The summed E-state index contributed by atoms with van der Waals surface area (Å²) in [4.78, 5) is 16.4. The molecule has 1 aliphatic carbocycles. The van der Waals surface area contributed by atoms with Crippen molar-refractivity contribution in [2.24, 2.45) is 5.73 Å². The molecule has 1 heterocycles. The molecule has 1 saturated carbocycles. The van der Waals surface area contributed by atoms with E-state index >= 15 is 0 Å². The number of aromatic nitrogens is 1. The summed E-state index contributed by atoms with van der Waals surface area (Å²) in [7, 11) is -0.850. The summed E-state index contributed by atoms with van der Waals surface area (Å²) < 4.78 is 12.6. The monoisotopic (exact) mass is 413 g/mol. The fourth-order valence-corrected chi connectivity index (χ4v) is 5.31. The number of rotatable bonds is 6. The first kappa shape index (κ1) is 21.0. The Morgan fingerprint density at radius 3 is 2.77 bits per heavy atom. The molecule has 5 nitrogen and oxygen atoms in total. The number of anilines is 1. The normalized spacial score (nSPS) is 15.9. The van der Waals surface area contributed by atoms with Crippen LogP contribution >= 0.6 is 23.7 Å². The fourth-order valence-electron chi connectivity index (χ4n) is 3.05. The predicted octanol–water partition coefficient (Wildman–Crippen LogP) is 3.86. The van der Waals surface area contributed by atoms with Gasteiger partial charge >= 0.3 is 0 Å². The number of nitrogens with zero attached hydrogens (tertiary/aromatic N) is 1. The molecule has 3 rings (SSSR count). The number of hydrogen-bond donors (Lipinski definition) is 2. The summed E-state index contributed by atoms with van der Waals surface area (Å²) in [5.41, 5.74) is 7.60. The Bertz CT molecular complexity index is 760. The molecular formula is C18H24ClN3O2S2. The van der Waals surface area contributed by atoms with Gasteiger partial charge in [0.15, 0.2) is 0 Å². The van der Waals surface area contributed by atoms with Gasteiger partial charge in [0.1, 0.15) is 10.7 Å². The van der Waals surface area contributed by atoms with Gasteiger partial charge in [-0.15, -0.1) is 23.7 Å². The molecule has 8 heteroatoms. The predicted molar refractivity (Wildman–Crippen MR) is 110 cm³/mol. The molecule has 1 aromatic carbocycles. The van der Waals surface area contributed by atoms with Gasteiger partial charge in [-0.2, -0.15) is 0 Å². The molecule has 1 amide bonds. The molecule has 1 atom stereocenters. The van der Waals surface area contributed by atoms with Crippen LogP contribution < -0.4 is 11.1 Å². The lowest BCUT2D eigenvalue weighted by molar-refractivity contribution is 0.102. The second-order valence-electron chi connectivity index (χ2n) is 6.27. The van der Waals surface area contributed by atoms with Gasteiger partial charge in [0, 0.05) is 39.4 Å². The van der Waals surface area contributed by atoms with Crippen molar-refractivity contribution in [3.8, 4) is 0 Å². The zero-order valence-corrected chi connectivity index (χ0v) is 16.9. The van der Waals surface area contributed by atoms with Crippen molar-refractivity contribution in [3.63, 3.8) is 0 Å². The summed E-state index contributed by atoms with van der Waals surface area (Å²) in [5.74, 6) is 0.295. The van der Waals surface area contributed by atoms with Crippen molar-refractivity contribution in [2.45, 2.75) is 49.7 Å². The van der Waals surface area contributed by atoms with E-state index in [4.69, 9.17) is 5.73 Å². The molecule has 1 aromatic heterocycles. The van der Waals surface area contributed by atoms with E-state index in [0.29, 0.717) is 28.9 Å². The van der Waals surface area contributed by atoms with Crippen LogP contribution in [0, 0.1) is 0 Å². The third-order valence-electron chi connectivity index (χ3n) is 4.38. The highest BCUT2D eigenvalue weighted by Gasteiger charge is 2.20. The van der Waals surface area contributed by atoms with Crippen molar-refractivity contribution in [1.29, 1.82) is 0 Å². The largest absolute Gasteiger partial charge is 0.325 e. The first-order chi connectivity index (χ1) is 12.2. The van der Waals surface area contributed by atoms with Gasteiger partial charge in [-0.25, -0.2) is 4.98 Å². The third kappa shape index (κ3) is 5.61. The van der Waals surface area contributed by atoms with E-state index < -0.39 is 10.8 Å². The molecule has 1 fully saturated rings. The number of nitrogens with two attached hydrogens (primary N) is 1. The standard InChI is InChI=1S/C18H23N3O2S2.ClH/c19-10-17-21-16(11-24-17)18(22)20-14-6-4-5-13(9-14)12-25(23)15-7-2-1-3-8-15;/h4-6,9,11,15H,1-3,7-8,10,12,19H2,(H,20,22);1H. The van der Waals surface area contributed by atoms with Crippen LogP contribution in [0.4, 0.5) is 5.69 Å². The molecule has 0 saturated heterocycles. The van der Waals surface area contributed by atoms with Gasteiger partial charge < -0.3 is 11.1 Å². The van der Waals surface area contributed by atoms with Crippen LogP contribution in [0.1, 0.15) is 53.2 Å². The van der Waals surface area contributed by atoms with E-state index in [1.165, 1.54) is 30.6 Å². The Kier molecular flexibility index (Phi) is 8.21. The molecule has 2 aromatic rings. The molecule has 26 heavy (non-hydrogen) atoms. The van der Waals surface area contributed by atoms with Gasteiger partial charge in [-0.05, 0) is 30.5 Å². The topological polar surface area (TPSA) is 85.1 Å². The zero-order chi connectivity index (χ0) is 17.6. The van der Waals surface area contributed by atoms with Gasteiger partial charge in [-0.1, -0.05) is 31.4 Å². The van der Waals surface area contributed by atoms with Gasteiger partial charge in [-0.3, -0.25) is 9.00 Å². The first-order valence-corrected chi connectivity index (χ1v) is 10.8. The van der Waals surface area contributed by atoms with E-state index in [1.54, 1.807) is 5.38 Å². The maximum atomic E-state index is 12.6. The smallest absolute Gasteiger partial charge is 0.275 e. The Hall–Kier alpha value is -1.28. The maximum absolute atomic E-state index is 12.6. The number of carbonyl (C=O) groups excluding carboxylic acids is 1. The van der Waals surface area contributed by atoms with Crippen LogP contribution in [-0.2, 0) is 23.1 Å². The van der Waals surface area contributed by atoms with Crippen molar-refractivity contribution >= 4 is 46.1 Å². The van der Waals surface area contributed by atoms with Crippen LogP contribution in [0.15, 0.2) is 29.6 Å². The first-order valence-electron chi connectivity index (χ1n) is 8.57. The molecule has 1 unspecified atom stereocenters. The lowest BCUT2D eigenvalue weighted by atomic mass is 10.0. The molecule has 0 bridgehead atoms. The van der Waals surface area contributed by atoms with Crippen LogP contribution in [0.3, 0.4) is 0 Å². The highest BCUT2D eigenvalue weighted by Crippen LogP contribution is 2.24. The number of benzene rings is 1. The van der Waals surface area contributed by atoms with Gasteiger partial charge in [0.05, 0.1) is 0 Å². The number of halogens is 1. The highest BCUT2D eigenvalue weighted by atomic mass is 35.5. The summed E-state index contributed by atoms with van der Waals surface area (Å²) in [6.45, 7) is 0.334. The molecule has 0 aliphatic heterocycles. The fraction of sp³-hybridized carbons (Fsp3) is 0.444. The zero-order valence-electron chi connectivity index (χ0n) is 14.5. The number of amides is 1. The lowest BCUT2D eigenvalue weighted by Gasteiger charge is -2.21. The average molecular weight is 414 g/mol. The number of nitrogens with one attached hydrogen (secondary N) is 1. The Labute approximate surface area is 166 Å². The lowest BCUT2D eigenvalue weighted by Crippen LogP contribution is -2.20. The Morgan fingerprint density at radius 1 is 1.31 bits per heavy atom. The second kappa shape index (κ2) is 10.2. The van der Waals surface area contributed by atoms with Crippen LogP contribution in [-0.4, -0.2) is 20.3 Å². The molecule has 1 aliphatic rings. The highest BCUT2D eigenvalue weighted by molar-refractivity contribution is 7.84.